The van der Waals surface area contributed by atoms with Gasteiger partial charge in [0, 0.05) is 37.9 Å². The summed E-state index contributed by atoms with van der Waals surface area (Å²) >= 11 is 0. The van der Waals surface area contributed by atoms with Gasteiger partial charge in [-0.25, -0.2) is 0 Å². The zero-order chi connectivity index (χ0) is 10.8. The number of nitrogens with one attached hydrogen (secondary N) is 1. The molecule has 1 saturated heterocycles. The molecule has 2 heterocycles. The van der Waals surface area contributed by atoms with Crippen molar-refractivity contribution in [1.82, 2.24) is 15.1 Å². The lowest BCUT2D eigenvalue weighted by molar-refractivity contribution is 0.0550. The lowest BCUT2D eigenvalue weighted by Gasteiger charge is -2.38. The summed E-state index contributed by atoms with van der Waals surface area (Å²) < 4.78 is 0. The van der Waals surface area contributed by atoms with Crippen LogP contribution in [0.3, 0.4) is 0 Å². The number of aryl methyl sites for hydroxylation is 2. The van der Waals surface area contributed by atoms with E-state index in [1.165, 1.54) is 11.3 Å². The van der Waals surface area contributed by atoms with Crippen molar-refractivity contribution in [3.8, 4) is 0 Å². The molecular weight excluding hydrogens is 190 g/mol. The Kier molecular flexibility index (Phi) is 3.07. The van der Waals surface area contributed by atoms with E-state index in [-0.39, 0.29) is 0 Å². The summed E-state index contributed by atoms with van der Waals surface area (Å²) in [5, 5.41) is 16.1. The molecule has 0 atom stereocenters. The van der Waals surface area contributed by atoms with E-state index in [1.807, 2.05) is 6.92 Å². The van der Waals surface area contributed by atoms with Gasteiger partial charge in [0.25, 0.3) is 0 Å². The van der Waals surface area contributed by atoms with E-state index in [1.54, 1.807) is 0 Å². The number of aliphatic hydroxyl groups excluding tert-OH is 1. The van der Waals surface area contributed by atoms with Crippen LogP contribution in [-0.4, -0.2) is 46.4 Å². The fourth-order valence-electron chi connectivity index (χ4n) is 2.19. The van der Waals surface area contributed by atoms with Crippen LogP contribution in [0.25, 0.3) is 0 Å². The molecule has 0 spiro atoms. The van der Waals surface area contributed by atoms with Crippen molar-refractivity contribution < 1.29 is 5.11 Å². The molecule has 0 bridgehead atoms. The van der Waals surface area contributed by atoms with Gasteiger partial charge in [-0.1, -0.05) is 0 Å². The van der Waals surface area contributed by atoms with Gasteiger partial charge in [-0.3, -0.25) is 5.10 Å². The maximum Gasteiger partial charge on any atom is 0.0626 e. The molecule has 1 aliphatic rings. The van der Waals surface area contributed by atoms with Gasteiger partial charge in [0.2, 0.25) is 0 Å². The first-order valence-corrected chi connectivity index (χ1v) is 5.54. The van der Waals surface area contributed by atoms with Crippen LogP contribution in [-0.2, 0) is 6.42 Å². The van der Waals surface area contributed by atoms with Crippen molar-refractivity contribution in [2.75, 3.05) is 26.2 Å². The molecule has 0 amide bonds. The molecular formula is C11H19N3O. The van der Waals surface area contributed by atoms with Gasteiger partial charge in [0.05, 0.1) is 5.69 Å². The molecule has 2 rings (SSSR count). The highest BCUT2D eigenvalue weighted by Crippen LogP contribution is 2.16. The molecule has 2 N–H and O–H groups in total. The predicted octanol–water partition coefficient (Wildman–Crippen LogP) is 0.493. The second kappa shape index (κ2) is 4.33. The van der Waals surface area contributed by atoms with Crippen LogP contribution in [0.15, 0.2) is 0 Å². The number of hydrogen-bond donors (Lipinski definition) is 2. The summed E-state index contributed by atoms with van der Waals surface area (Å²) in [4.78, 5) is 2.38. The maximum atomic E-state index is 8.90. The molecule has 4 heteroatoms. The normalized spacial score (nSPS) is 18.1. The zero-order valence-electron chi connectivity index (χ0n) is 9.45. The van der Waals surface area contributed by atoms with E-state index in [2.05, 4.69) is 22.0 Å². The molecule has 1 aliphatic heterocycles. The fraction of sp³-hybridized carbons (Fsp3) is 0.727. The quantitative estimate of drug-likeness (QED) is 0.759. The zero-order valence-corrected chi connectivity index (χ0v) is 9.45. The molecule has 1 fully saturated rings. The number of aromatic nitrogens is 2. The molecule has 4 nitrogen and oxygen atoms in total. The fourth-order valence-corrected chi connectivity index (χ4v) is 2.19. The van der Waals surface area contributed by atoms with Crippen LogP contribution >= 0.6 is 0 Å². The molecule has 0 saturated carbocycles. The lowest BCUT2D eigenvalue weighted by atomic mass is 10.0. The summed E-state index contributed by atoms with van der Waals surface area (Å²) in [6.07, 6.45) is 1.06. The second-order valence-corrected chi connectivity index (χ2v) is 4.47. The number of aliphatic hydroxyl groups is 1. The number of aromatic amines is 1. The van der Waals surface area contributed by atoms with Crippen molar-refractivity contribution in [2.24, 2.45) is 5.92 Å². The molecule has 84 valence electrons. The minimum absolute atomic E-state index is 0.334. The van der Waals surface area contributed by atoms with E-state index in [0.717, 1.165) is 31.7 Å². The van der Waals surface area contributed by atoms with Crippen molar-refractivity contribution in [2.45, 2.75) is 20.3 Å². The standard InChI is InChI=1S/C11H19N3O/c1-8-11(9(2)13-12-8)3-4-14-5-10(6-14)7-15/h10,15H,3-7H2,1-2H3,(H,12,13). The lowest BCUT2D eigenvalue weighted by Crippen LogP contribution is -2.48. The number of rotatable bonds is 4. The van der Waals surface area contributed by atoms with Crippen LogP contribution in [0, 0.1) is 19.8 Å². The first-order chi connectivity index (χ1) is 7.20. The number of nitrogens with zero attached hydrogens (tertiary/aromatic N) is 2. The summed E-state index contributed by atoms with van der Waals surface area (Å²) in [7, 11) is 0. The van der Waals surface area contributed by atoms with E-state index in [4.69, 9.17) is 5.11 Å². The van der Waals surface area contributed by atoms with Crippen molar-refractivity contribution in [3.05, 3.63) is 17.0 Å². The van der Waals surface area contributed by atoms with Gasteiger partial charge in [-0.05, 0) is 25.8 Å². The molecule has 15 heavy (non-hydrogen) atoms. The minimum Gasteiger partial charge on any atom is -0.396 e. The Morgan fingerprint density at radius 3 is 2.73 bits per heavy atom. The SMILES string of the molecule is Cc1n[nH]c(C)c1CCN1CC(CO)C1. The molecule has 1 aromatic rings. The Hall–Kier alpha value is -0.870. The van der Waals surface area contributed by atoms with Gasteiger partial charge >= 0.3 is 0 Å². The van der Waals surface area contributed by atoms with Crippen LogP contribution < -0.4 is 0 Å². The Labute approximate surface area is 90.3 Å². The summed E-state index contributed by atoms with van der Waals surface area (Å²) in [5.74, 6) is 0.511. The van der Waals surface area contributed by atoms with Crippen molar-refractivity contribution >= 4 is 0 Å². The average Bonchev–Trinajstić information content (AvgIpc) is 2.46. The second-order valence-electron chi connectivity index (χ2n) is 4.47. The largest absolute Gasteiger partial charge is 0.396 e. The number of H-pyrrole nitrogens is 1. The Balaban J connectivity index is 1.79. The third-order valence-electron chi connectivity index (χ3n) is 3.25. The van der Waals surface area contributed by atoms with Gasteiger partial charge in [0.1, 0.15) is 0 Å². The van der Waals surface area contributed by atoms with E-state index >= 15 is 0 Å². The smallest absolute Gasteiger partial charge is 0.0626 e. The summed E-state index contributed by atoms with van der Waals surface area (Å²) in [5.41, 5.74) is 3.65. The van der Waals surface area contributed by atoms with Crippen molar-refractivity contribution in [3.63, 3.8) is 0 Å². The van der Waals surface area contributed by atoms with Crippen LogP contribution in [0.2, 0.25) is 0 Å². The first kappa shape index (κ1) is 10.6. The molecule has 0 unspecified atom stereocenters. The van der Waals surface area contributed by atoms with Gasteiger partial charge in [-0.2, -0.15) is 5.10 Å². The number of hydrogen-bond acceptors (Lipinski definition) is 3. The third kappa shape index (κ3) is 2.21. The van der Waals surface area contributed by atoms with Crippen LogP contribution in [0.5, 0.6) is 0 Å². The molecule has 1 aromatic heterocycles. The molecule has 0 aliphatic carbocycles. The van der Waals surface area contributed by atoms with E-state index in [0.29, 0.717) is 12.5 Å². The Morgan fingerprint density at radius 1 is 1.47 bits per heavy atom. The average molecular weight is 209 g/mol. The minimum atomic E-state index is 0.334. The van der Waals surface area contributed by atoms with E-state index < -0.39 is 0 Å². The van der Waals surface area contributed by atoms with E-state index in [9.17, 15) is 0 Å². The topological polar surface area (TPSA) is 52.2 Å². The Morgan fingerprint density at radius 2 is 2.20 bits per heavy atom. The van der Waals surface area contributed by atoms with Gasteiger partial charge in [0.15, 0.2) is 0 Å². The van der Waals surface area contributed by atoms with Crippen molar-refractivity contribution in [1.29, 1.82) is 0 Å². The van der Waals surface area contributed by atoms with Gasteiger partial charge < -0.3 is 10.0 Å². The number of likely N-dealkylation sites (tertiary alicyclic amines) is 1. The first-order valence-electron chi connectivity index (χ1n) is 5.54. The predicted molar refractivity (Wildman–Crippen MR) is 58.8 cm³/mol. The summed E-state index contributed by atoms with van der Waals surface area (Å²) in [6.45, 7) is 7.63. The Bertz CT molecular complexity index is 309. The highest BCUT2D eigenvalue weighted by molar-refractivity contribution is 5.23. The highest BCUT2D eigenvalue weighted by Gasteiger charge is 2.25. The monoisotopic (exact) mass is 209 g/mol. The molecule has 0 radical (unpaired) electrons. The third-order valence-corrected chi connectivity index (χ3v) is 3.25. The maximum absolute atomic E-state index is 8.90. The summed E-state index contributed by atoms with van der Waals surface area (Å²) in [6, 6.07) is 0. The van der Waals surface area contributed by atoms with Crippen LogP contribution in [0.1, 0.15) is 17.0 Å². The highest BCUT2D eigenvalue weighted by atomic mass is 16.3. The van der Waals surface area contributed by atoms with Crippen LogP contribution in [0.4, 0.5) is 0 Å². The molecule has 0 aromatic carbocycles. The van der Waals surface area contributed by atoms with Gasteiger partial charge in [-0.15, -0.1) is 0 Å².